The van der Waals surface area contributed by atoms with Gasteiger partial charge in [0, 0.05) is 29.5 Å². The SMILES string of the molecule is CCN(CC)c1ccc(NC(=O)CN2C(=O)c3ccc(Cl)cc3C2=O)c(C)c1. The maximum Gasteiger partial charge on any atom is 0.262 e. The van der Waals surface area contributed by atoms with Crippen molar-refractivity contribution in [2.24, 2.45) is 0 Å². The molecule has 0 atom stereocenters. The second-order valence-electron chi connectivity index (χ2n) is 6.61. The first-order valence-corrected chi connectivity index (χ1v) is 9.54. The first-order valence-electron chi connectivity index (χ1n) is 9.16. The first kappa shape index (κ1) is 19.9. The lowest BCUT2D eigenvalue weighted by atomic mass is 10.1. The van der Waals surface area contributed by atoms with Gasteiger partial charge in [0.05, 0.1) is 11.1 Å². The predicted octanol–water partition coefficient (Wildman–Crippen LogP) is 3.73. The summed E-state index contributed by atoms with van der Waals surface area (Å²) < 4.78 is 0. The van der Waals surface area contributed by atoms with E-state index in [1.165, 1.54) is 12.1 Å². The summed E-state index contributed by atoms with van der Waals surface area (Å²) in [5.41, 5.74) is 3.14. The maximum atomic E-state index is 12.5. The maximum absolute atomic E-state index is 12.5. The Morgan fingerprint density at radius 1 is 1.04 bits per heavy atom. The average Bonchev–Trinajstić information content (AvgIpc) is 2.89. The van der Waals surface area contributed by atoms with Gasteiger partial charge in [-0.15, -0.1) is 0 Å². The van der Waals surface area contributed by atoms with Crippen molar-refractivity contribution in [1.29, 1.82) is 0 Å². The summed E-state index contributed by atoms with van der Waals surface area (Å²) >= 11 is 5.91. The van der Waals surface area contributed by atoms with Gasteiger partial charge in [-0.2, -0.15) is 0 Å². The van der Waals surface area contributed by atoms with Crippen molar-refractivity contribution in [3.63, 3.8) is 0 Å². The van der Waals surface area contributed by atoms with Gasteiger partial charge in [-0.25, -0.2) is 0 Å². The van der Waals surface area contributed by atoms with Gasteiger partial charge in [0.15, 0.2) is 0 Å². The molecule has 0 bridgehead atoms. The fraction of sp³-hybridized carbons (Fsp3) is 0.286. The van der Waals surface area contributed by atoms with Gasteiger partial charge in [-0.1, -0.05) is 11.6 Å². The molecule has 0 saturated heterocycles. The van der Waals surface area contributed by atoms with Gasteiger partial charge in [-0.3, -0.25) is 19.3 Å². The molecule has 1 heterocycles. The third-order valence-electron chi connectivity index (χ3n) is 4.85. The van der Waals surface area contributed by atoms with Gasteiger partial charge in [0.2, 0.25) is 5.91 Å². The number of aryl methyl sites for hydroxylation is 1. The largest absolute Gasteiger partial charge is 0.372 e. The van der Waals surface area contributed by atoms with E-state index in [2.05, 4.69) is 24.1 Å². The molecule has 0 spiro atoms. The third-order valence-corrected chi connectivity index (χ3v) is 5.08. The van der Waals surface area contributed by atoms with Crippen LogP contribution in [0, 0.1) is 6.92 Å². The highest BCUT2D eigenvalue weighted by atomic mass is 35.5. The lowest BCUT2D eigenvalue weighted by Gasteiger charge is -2.22. The minimum absolute atomic E-state index is 0.227. The fourth-order valence-electron chi connectivity index (χ4n) is 3.31. The number of amides is 3. The number of hydrogen-bond donors (Lipinski definition) is 1. The highest BCUT2D eigenvalue weighted by molar-refractivity contribution is 6.32. The lowest BCUT2D eigenvalue weighted by molar-refractivity contribution is -0.116. The molecule has 6 nitrogen and oxygen atoms in total. The molecule has 2 aromatic carbocycles. The van der Waals surface area contributed by atoms with E-state index in [0.29, 0.717) is 10.7 Å². The molecular formula is C21H22ClN3O3. The van der Waals surface area contributed by atoms with E-state index in [1.807, 2.05) is 25.1 Å². The zero-order chi connectivity index (χ0) is 20.4. The van der Waals surface area contributed by atoms with Gasteiger partial charge in [-0.05, 0) is 62.7 Å². The zero-order valence-corrected chi connectivity index (χ0v) is 16.8. The molecule has 0 aliphatic carbocycles. The summed E-state index contributed by atoms with van der Waals surface area (Å²) in [6.07, 6.45) is 0. The number of fused-ring (bicyclic) bond motifs is 1. The average molecular weight is 400 g/mol. The number of rotatable bonds is 6. The zero-order valence-electron chi connectivity index (χ0n) is 16.1. The molecule has 146 valence electrons. The summed E-state index contributed by atoms with van der Waals surface area (Å²) in [7, 11) is 0. The van der Waals surface area contributed by atoms with E-state index in [-0.39, 0.29) is 17.7 Å². The number of nitrogens with one attached hydrogen (secondary N) is 1. The summed E-state index contributed by atoms with van der Waals surface area (Å²) in [6.45, 7) is 7.53. The number of nitrogens with zero attached hydrogens (tertiary/aromatic N) is 2. The number of hydrogen-bond acceptors (Lipinski definition) is 4. The van der Waals surface area contributed by atoms with Crippen LogP contribution in [-0.4, -0.2) is 42.3 Å². The normalized spacial score (nSPS) is 12.9. The molecule has 0 aromatic heterocycles. The molecule has 1 aliphatic rings. The second kappa shape index (κ2) is 8.02. The van der Waals surface area contributed by atoms with Gasteiger partial charge < -0.3 is 10.2 Å². The van der Waals surface area contributed by atoms with Crippen LogP contribution >= 0.6 is 11.6 Å². The van der Waals surface area contributed by atoms with Crippen molar-refractivity contribution >= 4 is 40.7 Å². The lowest BCUT2D eigenvalue weighted by Crippen LogP contribution is -2.37. The third kappa shape index (κ3) is 3.73. The summed E-state index contributed by atoms with van der Waals surface area (Å²) in [5.74, 6) is -1.43. The summed E-state index contributed by atoms with van der Waals surface area (Å²) in [4.78, 5) is 40.5. The number of imide groups is 1. The van der Waals surface area contributed by atoms with Crippen LogP contribution in [0.15, 0.2) is 36.4 Å². The summed E-state index contributed by atoms with van der Waals surface area (Å²) in [6, 6.07) is 10.3. The van der Waals surface area contributed by atoms with Crippen molar-refractivity contribution in [2.45, 2.75) is 20.8 Å². The fourth-order valence-corrected chi connectivity index (χ4v) is 3.49. The topological polar surface area (TPSA) is 69.7 Å². The minimum Gasteiger partial charge on any atom is -0.372 e. The van der Waals surface area contributed by atoms with Crippen molar-refractivity contribution in [2.75, 3.05) is 29.9 Å². The van der Waals surface area contributed by atoms with Crippen molar-refractivity contribution in [3.8, 4) is 0 Å². The summed E-state index contributed by atoms with van der Waals surface area (Å²) in [5, 5.41) is 3.16. The Balaban J connectivity index is 1.71. The van der Waals surface area contributed by atoms with E-state index in [0.717, 1.165) is 29.2 Å². The molecule has 7 heteroatoms. The molecule has 1 aliphatic heterocycles. The Labute approximate surface area is 169 Å². The monoisotopic (exact) mass is 399 g/mol. The standard InChI is InChI=1S/C21H22ClN3O3/c1-4-24(5-2)15-7-9-18(13(3)10-15)23-19(26)12-25-20(27)16-8-6-14(22)11-17(16)21(25)28/h6-11H,4-5,12H2,1-3H3,(H,23,26). The van der Waals surface area contributed by atoms with Crippen LogP contribution < -0.4 is 10.2 Å². The first-order chi connectivity index (χ1) is 13.3. The number of carbonyl (C=O) groups is 3. The van der Waals surface area contributed by atoms with Gasteiger partial charge in [0.25, 0.3) is 11.8 Å². The van der Waals surface area contributed by atoms with Crippen LogP contribution in [0.5, 0.6) is 0 Å². The van der Waals surface area contributed by atoms with Crippen LogP contribution in [0.4, 0.5) is 11.4 Å². The molecule has 0 fully saturated rings. The van der Waals surface area contributed by atoms with Crippen molar-refractivity contribution in [3.05, 3.63) is 58.1 Å². The van der Waals surface area contributed by atoms with Gasteiger partial charge >= 0.3 is 0 Å². The van der Waals surface area contributed by atoms with Crippen LogP contribution in [0.2, 0.25) is 5.02 Å². The Morgan fingerprint density at radius 3 is 2.36 bits per heavy atom. The molecule has 28 heavy (non-hydrogen) atoms. The quantitative estimate of drug-likeness (QED) is 0.751. The smallest absolute Gasteiger partial charge is 0.262 e. The van der Waals surface area contributed by atoms with E-state index < -0.39 is 17.7 Å². The highest BCUT2D eigenvalue weighted by Crippen LogP contribution is 2.26. The van der Waals surface area contributed by atoms with Crippen LogP contribution in [0.25, 0.3) is 0 Å². The van der Waals surface area contributed by atoms with Crippen LogP contribution in [0.3, 0.4) is 0 Å². The molecule has 2 aromatic rings. The molecular weight excluding hydrogens is 378 g/mol. The predicted molar refractivity (Wildman–Crippen MR) is 110 cm³/mol. The Kier molecular flexibility index (Phi) is 5.70. The van der Waals surface area contributed by atoms with E-state index >= 15 is 0 Å². The minimum atomic E-state index is -0.508. The molecule has 0 radical (unpaired) electrons. The second-order valence-corrected chi connectivity index (χ2v) is 7.04. The number of halogens is 1. The van der Waals surface area contributed by atoms with Crippen LogP contribution in [-0.2, 0) is 4.79 Å². The molecule has 3 amide bonds. The van der Waals surface area contributed by atoms with Crippen LogP contribution in [0.1, 0.15) is 40.1 Å². The number of benzene rings is 2. The van der Waals surface area contributed by atoms with E-state index in [4.69, 9.17) is 11.6 Å². The molecule has 0 saturated carbocycles. The Hall–Kier alpha value is -2.86. The Bertz CT molecular complexity index is 954. The highest BCUT2D eigenvalue weighted by Gasteiger charge is 2.36. The molecule has 3 rings (SSSR count). The van der Waals surface area contributed by atoms with Gasteiger partial charge in [0.1, 0.15) is 6.54 Å². The van der Waals surface area contributed by atoms with Crippen molar-refractivity contribution < 1.29 is 14.4 Å². The molecule has 1 N–H and O–H groups in total. The van der Waals surface area contributed by atoms with E-state index in [9.17, 15) is 14.4 Å². The van der Waals surface area contributed by atoms with E-state index in [1.54, 1.807) is 6.07 Å². The Morgan fingerprint density at radius 2 is 1.71 bits per heavy atom. The number of anilines is 2. The molecule has 0 unspecified atom stereocenters. The van der Waals surface area contributed by atoms with Crippen molar-refractivity contribution in [1.82, 2.24) is 4.90 Å². The number of carbonyl (C=O) groups excluding carboxylic acids is 3.